The second-order valence-corrected chi connectivity index (χ2v) is 4.65. The summed E-state index contributed by atoms with van der Waals surface area (Å²) in [6, 6.07) is 6.59. The quantitative estimate of drug-likeness (QED) is 0.568. The van der Waals surface area contributed by atoms with Gasteiger partial charge in [-0.15, -0.1) is 0 Å². The molecule has 0 saturated carbocycles. The van der Waals surface area contributed by atoms with Gasteiger partial charge in [0.05, 0.1) is 12.7 Å². The van der Waals surface area contributed by atoms with E-state index in [9.17, 15) is 9.59 Å². The number of esters is 1. The van der Waals surface area contributed by atoms with Crippen molar-refractivity contribution in [2.75, 3.05) is 7.11 Å². The molecule has 1 aromatic carbocycles. The Morgan fingerprint density at radius 2 is 1.69 bits per heavy atom. The number of hydrogen-bond acceptors (Lipinski definition) is 3. The maximum atomic E-state index is 12.0. The van der Waals surface area contributed by atoms with E-state index >= 15 is 0 Å². The largest absolute Gasteiger partial charge is 0.465 e. The highest BCUT2D eigenvalue weighted by Crippen LogP contribution is 2.21. The molecule has 0 aliphatic heterocycles. The monoisotopic (exact) mass is 220 g/mol. The van der Waals surface area contributed by atoms with Gasteiger partial charge in [-0.05, 0) is 12.1 Å². The van der Waals surface area contributed by atoms with E-state index in [0.717, 1.165) is 0 Å². The van der Waals surface area contributed by atoms with E-state index in [0.29, 0.717) is 11.1 Å². The molecular weight excluding hydrogens is 204 g/mol. The van der Waals surface area contributed by atoms with Gasteiger partial charge in [0.2, 0.25) is 0 Å². The van der Waals surface area contributed by atoms with Crippen LogP contribution in [-0.4, -0.2) is 18.9 Å². The summed E-state index contributed by atoms with van der Waals surface area (Å²) in [5, 5.41) is 0. The number of ketones is 1. The van der Waals surface area contributed by atoms with Crippen molar-refractivity contribution in [2.24, 2.45) is 5.41 Å². The molecule has 0 bridgehead atoms. The number of methoxy groups -OCH3 is 1. The minimum atomic E-state index is -0.450. The number of Topliss-reactive ketones (excluding diaryl/α,β-unsaturated/α-hetero) is 1. The Morgan fingerprint density at radius 3 is 2.19 bits per heavy atom. The molecule has 0 amide bonds. The van der Waals surface area contributed by atoms with E-state index < -0.39 is 11.4 Å². The van der Waals surface area contributed by atoms with Gasteiger partial charge in [-0.25, -0.2) is 4.79 Å². The van der Waals surface area contributed by atoms with Crippen LogP contribution in [0, 0.1) is 5.41 Å². The van der Waals surface area contributed by atoms with Crippen molar-refractivity contribution in [3.63, 3.8) is 0 Å². The van der Waals surface area contributed by atoms with Gasteiger partial charge in [0, 0.05) is 11.0 Å². The zero-order valence-corrected chi connectivity index (χ0v) is 10.0. The lowest BCUT2D eigenvalue weighted by atomic mass is 9.86. The summed E-state index contributed by atoms with van der Waals surface area (Å²) >= 11 is 0. The highest BCUT2D eigenvalue weighted by atomic mass is 16.5. The maximum absolute atomic E-state index is 12.0. The predicted molar refractivity (Wildman–Crippen MR) is 61.6 cm³/mol. The summed E-state index contributed by atoms with van der Waals surface area (Å²) in [6.45, 7) is 5.54. The second kappa shape index (κ2) is 4.47. The molecular formula is C13H16O3. The average molecular weight is 220 g/mol. The molecule has 0 fully saturated rings. The van der Waals surface area contributed by atoms with Crippen LogP contribution in [0.3, 0.4) is 0 Å². The van der Waals surface area contributed by atoms with Gasteiger partial charge in [-0.2, -0.15) is 0 Å². The topological polar surface area (TPSA) is 43.4 Å². The van der Waals surface area contributed by atoms with Crippen LogP contribution in [0.1, 0.15) is 41.5 Å². The molecule has 1 rings (SSSR count). The molecule has 3 heteroatoms. The molecule has 16 heavy (non-hydrogen) atoms. The Labute approximate surface area is 95.4 Å². The number of carbonyl (C=O) groups is 2. The van der Waals surface area contributed by atoms with E-state index in [4.69, 9.17) is 0 Å². The van der Waals surface area contributed by atoms with Crippen molar-refractivity contribution in [1.29, 1.82) is 0 Å². The van der Waals surface area contributed by atoms with Crippen molar-refractivity contribution >= 4 is 11.8 Å². The Hall–Kier alpha value is -1.64. The van der Waals surface area contributed by atoms with Crippen LogP contribution in [0.5, 0.6) is 0 Å². The van der Waals surface area contributed by atoms with Crippen molar-refractivity contribution in [3.8, 4) is 0 Å². The Kier molecular flexibility index (Phi) is 3.48. The summed E-state index contributed by atoms with van der Waals surface area (Å²) in [4.78, 5) is 23.3. The summed E-state index contributed by atoms with van der Waals surface area (Å²) in [5.74, 6) is -0.415. The molecule has 0 aliphatic rings. The lowest BCUT2D eigenvalue weighted by Crippen LogP contribution is -2.20. The number of ether oxygens (including phenoxy) is 1. The number of rotatable bonds is 2. The standard InChI is InChI=1S/C13H16O3/c1-13(2,3)11(14)9-6-5-7-10(8-9)12(15)16-4/h5-8H,1-4H3. The Morgan fingerprint density at radius 1 is 1.12 bits per heavy atom. The molecule has 0 saturated heterocycles. The average Bonchev–Trinajstić information content (AvgIpc) is 2.26. The predicted octanol–water partition coefficient (Wildman–Crippen LogP) is 2.70. The smallest absolute Gasteiger partial charge is 0.337 e. The minimum absolute atomic E-state index is 0.0123. The van der Waals surface area contributed by atoms with Gasteiger partial charge >= 0.3 is 5.97 Å². The molecule has 0 unspecified atom stereocenters. The molecule has 0 atom stereocenters. The van der Waals surface area contributed by atoms with Crippen LogP contribution in [0.2, 0.25) is 0 Å². The zero-order chi connectivity index (χ0) is 12.3. The van der Waals surface area contributed by atoms with E-state index in [1.807, 2.05) is 20.8 Å². The molecule has 86 valence electrons. The normalized spacial score (nSPS) is 11.0. The number of benzene rings is 1. The fourth-order valence-electron chi connectivity index (χ4n) is 1.34. The summed E-state index contributed by atoms with van der Waals surface area (Å²) < 4.78 is 4.61. The van der Waals surface area contributed by atoms with Crippen molar-refractivity contribution in [2.45, 2.75) is 20.8 Å². The van der Waals surface area contributed by atoms with Gasteiger partial charge < -0.3 is 4.74 Å². The summed E-state index contributed by atoms with van der Waals surface area (Å²) in [6.07, 6.45) is 0. The first-order valence-corrected chi connectivity index (χ1v) is 5.09. The maximum Gasteiger partial charge on any atom is 0.337 e. The molecule has 0 aromatic heterocycles. The van der Waals surface area contributed by atoms with Crippen molar-refractivity contribution in [1.82, 2.24) is 0 Å². The lowest BCUT2D eigenvalue weighted by molar-refractivity contribution is 0.0600. The Bertz CT molecular complexity index is 413. The fraction of sp³-hybridized carbons (Fsp3) is 0.385. The molecule has 1 aromatic rings. The van der Waals surface area contributed by atoms with E-state index in [-0.39, 0.29) is 5.78 Å². The summed E-state index contributed by atoms with van der Waals surface area (Å²) in [5.41, 5.74) is 0.488. The van der Waals surface area contributed by atoms with Gasteiger partial charge in [0.15, 0.2) is 5.78 Å². The third-order valence-corrected chi connectivity index (χ3v) is 2.23. The van der Waals surface area contributed by atoms with Crippen LogP contribution in [0.4, 0.5) is 0 Å². The van der Waals surface area contributed by atoms with Gasteiger partial charge in [-0.3, -0.25) is 4.79 Å². The first-order chi connectivity index (χ1) is 7.36. The van der Waals surface area contributed by atoms with Crippen molar-refractivity contribution in [3.05, 3.63) is 35.4 Å². The molecule has 3 nitrogen and oxygen atoms in total. The molecule has 0 N–H and O–H groups in total. The lowest BCUT2D eigenvalue weighted by Gasteiger charge is -2.16. The molecule has 0 heterocycles. The summed E-state index contributed by atoms with van der Waals surface area (Å²) in [7, 11) is 1.32. The first-order valence-electron chi connectivity index (χ1n) is 5.09. The number of carbonyl (C=O) groups excluding carboxylic acids is 2. The van der Waals surface area contributed by atoms with Crippen LogP contribution >= 0.6 is 0 Å². The van der Waals surface area contributed by atoms with Gasteiger partial charge in [-0.1, -0.05) is 32.9 Å². The molecule has 0 radical (unpaired) electrons. The Balaban J connectivity index is 3.09. The number of hydrogen-bond donors (Lipinski definition) is 0. The highest BCUT2D eigenvalue weighted by molar-refractivity contribution is 6.01. The van der Waals surface area contributed by atoms with Crippen LogP contribution in [-0.2, 0) is 4.74 Å². The molecule has 0 spiro atoms. The van der Waals surface area contributed by atoms with Crippen LogP contribution in [0.25, 0.3) is 0 Å². The highest BCUT2D eigenvalue weighted by Gasteiger charge is 2.23. The van der Waals surface area contributed by atoms with Gasteiger partial charge in [0.1, 0.15) is 0 Å². The van der Waals surface area contributed by atoms with Crippen LogP contribution in [0.15, 0.2) is 24.3 Å². The van der Waals surface area contributed by atoms with Crippen LogP contribution < -0.4 is 0 Å². The van der Waals surface area contributed by atoms with E-state index in [1.165, 1.54) is 7.11 Å². The van der Waals surface area contributed by atoms with E-state index in [1.54, 1.807) is 24.3 Å². The fourth-order valence-corrected chi connectivity index (χ4v) is 1.34. The van der Waals surface area contributed by atoms with Gasteiger partial charge in [0.25, 0.3) is 0 Å². The minimum Gasteiger partial charge on any atom is -0.465 e. The third kappa shape index (κ3) is 2.69. The first kappa shape index (κ1) is 12.4. The molecule has 0 aliphatic carbocycles. The van der Waals surface area contributed by atoms with Crippen molar-refractivity contribution < 1.29 is 14.3 Å². The zero-order valence-electron chi connectivity index (χ0n) is 10.0. The second-order valence-electron chi connectivity index (χ2n) is 4.65. The SMILES string of the molecule is COC(=O)c1cccc(C(=O)C(C)(C)C)c1. The van der Waals surface area contributed by atoms with E-state index in [2.05, 4.69) is 4.74 Å². The third-order valence-electron chi connectivity index (χ3n) is 2.23.